The van der Waals surface area contributed by atoms with Crippen molar-refractivity contribution in [3.05, 3.63) is 24.3 Å². The van der Waals surface area contributed by atoms with E-state index in [0.29, 0.717) is 12.6 Å². The van der Waals surface area contributed by atoms with E-state index in [1.165, 1.54) is 25.7 Å². The summed E-state index contributed by atoms with van der Waals surface area (Å²) in [6.45, 7) is 2.49. The summed E-state index contributed by atoms with van der Waals surface area (Å²) in [5.74, 6) is -0.817. The van der Waals surface area contributed by atoms with Crippen molar-refractivity contribution >= 4 is 23.3 Å². The number of hydrogen-bond donors (Lipinski definition) is 3. The summed E-state index contributed by atoms with van der Waals surface area (Å²) in [5.41, 5.74) is 1.83. The van der Waals surface area contributed by atoms with Gasteiger partial charge in [-0.05, 0) is 75.9 Å². The lowest BCUT2D eigenvalue weighted by molar-refractivity contribution is -0.142. The van der Waals surface area contributed by atoms with Crippen molar-refractivity contribution in [1.29, 1.82) is 0 Å². The molecule has 1 aliphatic carbocycles. The molecule has 1 heterocycles. The van der Waals surface area contributed by atoms with E-state index in [-0.39, 0.29) is 11.8 Å². The normalized spacial score (nSPS) is 24.0. The number of nitrogens with one attached hydrogen (secondary N) is 2. The minimum Gasteiger partial charge on any atom is -0.481 e. The second-order valence-corrected chi connectivity index (χ2v) is 7.85. The van der Waals surface area contributed by atoms with Crippen LogP contribution >= 0.6 is 0 Å². The van der Waals surface area contributed by atoms with Gasteiger partial charge in [-0.2, -0.15) is 0 Å². The number of nitrogens with zero attached hydrogens (tertiary/aromatic N) is 1. The zero-order valence-electron chi connectivity index (χ0n) is 16.0. The van der Waals surface area contributed by atoms with Crippen LogP contribution in [0.15, 0.2) is 24.3 Å². The number of carboxylic acids is 1. The number of anilines is 2. The van der Waals surface area contributed by atoms with Gasteiger partial charge in [-0.1, -0.05) is 12.8 Å². The van der Waals surface area contributed by atoms with E-state index < -0.39 is 5.97 Å². The number of aliphatic carboxylic acids is 1. The van der Waals surface area contributed by atoms with Gasteiger partial charge in [0.2, 0.25) is 5.91 Å². The predicted molar refractivity (Wildman–Crippen MR) is 107 cm³/mol. The lowest BCUT2D eigenvalue weighted by Crippen LogP contribution is -2.33. The molecule has 6 heteroatoms. The van der Waals surface area contributed by atoms with Crippen LogP contribution < -0.4 is 10.6 Å². The molecule has 0 atom stereocenters. The fraction of sp³-hybridized carbons (Fsp3) is 0.619. The van der Waals surface area contributed by atoms with E-state index in [0.717, 1.165) is 50.1 Å². The Kier molecular flexibility index (Phi) is 7.10. The third-order valence-electron chi connectivity index (χ3n) is 5.68. The molecule has 2 fully saturated rings. The van der Waals surface area contributed by atoms with E-state index in [2.05, 4.69) is 15.5 Å². The standard InChI is InChI=1S/C21H31N3O3/c25-20(15-24-13-3-1-2-4-14-24)23-19-11-9-18(10-12-19)22-17-7-5-16(6-8-17)21(26)27/h9-12,16-17,22H,1-8,13-15H2,(H,23,25)(H,26,27). The maximum atomic E-state index is 12.3. The first kappa shape index (κ1) is 19.7. The van der Waals surface area contributed by atoms with E-state index in [1.54, 1.807) is 0 Å². The molecule has 0 bridgehead atoms. The number of carbonyl (C=O) groups excluding carboxylic acids is 1. The Hall–Kier alpha value is -2.08. The number of benzene rings is 1. The quantitative estimate of drug-likeness (QED) is 0.710. The van der Waals surface area contributed by atoms with Crippen molar-refractivity contribution in [3.8, 4) is 0 Å². The number of amides is 1. The molecule has 2 aliphatic rings. The number of likely N-dealkylation sites (tertiary alicyclic amines) is 1. The molecule has 27 heavy (non-hydrogen) atoms. The monoisotopic (exact) mass is 373 g/mol. The van der Waals surface area contributed by atoms with E-state index >= 15 is 0 Å². The van der Waals surface area contributed by atoms with Gasteiger partial charge in [-0.25, -0.2) is 0 Å². The average molecular weight is 373 g/mol. The molecule has 6 nitrogen and oxygen atoms in total. The minimum atomic E-state index is -0.672. The predicted octanol–water partition coefficient (Wildman–Crippen LogP) is 3.56. The van der Waals surface area contributed by atoms with Gasteiger partial charge in [0.1, 0.15) is 0 Å². The molecule has 148 valence electrons. The number of carboxylic acid groups (broad SMARTS) is 1. The Morgan fingerprint density at radius 3 is 2.11 bits per heavy atom. The SMILES string of the molecule is O=C(CN1CCCCCC1)Nc1ccc(NC2CCC(C(=O)O)CC2)cc1. The van der Waals surface area contributed by atoms with Crippen molar-refractivity contribution < 1.29 is 14.7 Å². The molecule has 1 aromatic carbocycles. The highest BCUT2D eigenvalue weighted by Crippen LogP contribution is 2.27. The van der Waals surface area contributed by atoms with Gasteiger partial charge in [-0.15, -0.1) is 0 Å². The molecule has 0 spiro atoms. The number of rotatable bonds is 6. The van der Waals surface area contributed by atoms with Crippen LogP contribution in [0.1, 0.15) is 51.4 Å². The smallest absolute Gasteiger partial charge is 0.306 e. The highest BCUT2D eigenvalue weighted by atomic mass is 16.4. The highest BCUT2D eigenvalue weighted by molar-refractivity contribution is 5.92. The van der Waals surface area contributed by atoms with Gasteiger partial charge in [0.25, 0.3) is 0 Å². The van der Waals surface area contributed by atoms with Crippen LogP contribution in [0.4, 0.5) is 11.4 Å². The van der Waals surface area contributed by atoms with Crippen LogP contribution in [0.5, 0.6) is 0 Å². The summed E-state index contributed by atoms with van der Waals surface area (Å²) in [6, 6.07) is 8.12. The molecule has 0 radical (unpaired) electrons. The Morgan fingerprint density at radius 1 is 0.926 bits per heavy atom. The van der Waals surface area contributed by atoms with Crippen LogP contribution in [-0.2, 0) is 9.59 Å². The molecular weight excluding hydrogens is 342 g/mol. The maximum absolute atomic E-state index is 12.3. The molecule has 0 aromatic heterocycles. The molecule has 3 rings (SSSR count). The van der Waals surface area contributed by atoms with Crippen molar-refractivity contribution in [2.45, 2.75) is 57.4 Å². The molecular formula is C21H31N3O3. The van der Waals surface area contributed by atoms with Crippen LogP contribution in [-0.4, -0.2) is 47.6 Å². The van der Waals surface area contributed by atoms with Crippen molar-refractivity contribution in [1.82, 2.24) is 4.90 Å². The average Bonchev–Trinajstić information content (AvgIpc) is 2.92. The van der Waals surface area contributed by atoms with Gasteiger partial charge in [-0.3, -0.25) is 14.5 Å². The molecule has 3 N–H and O–H groups in total. The Bertz CT molecular complexity index is 616. The van der Waals surface area contributed by atoms with Crippen LogP contribution in [0.3, 0.4) is 0 Å². The zero-order chi connectivity index (χ0) is 19.1. The molecule has 1 saturated heterocycles. The first-order valence-corrected chi connectivity index (χ1v) is 10.2. The zero-order valence-corrected chi connectivity index (χ0v) is 16.0. The molecule has 0 unspecified atom stereocenters. The Balaban J connectivity index is 1.43. The molecule has 1 saturated carbocycles. The van der Waals surface area contributed by atoms with Crippen LogP contribution in [0.25, 0.3) is 0 Å². The first-order valence-electron chi connectivity index (χ1n) is 10.2. The second kappa shape index (κ2) is 9.74. The van der Waals surface area contributed by atoms with Gasteiger partial charge < -0.3 is 15.7 Å². The third kappa shape index (κ3) is 6.24. The van der Waals surface area contributed by atoms with Gasteiger partial charge in [0.15, 0.2) is 0 Å². The number of carbonyl (C=O) groups is 2. The van der Waals surface area contributed by atoms with Gasteiger partial charge in [0, 0.05) is 17.4 Å². The Labute approximate surface area is 161 Å². The van der Waals surface area contributed by atoms with Crippen molar-refractivity contribution in [2.75, 3.05) is 30.3 Å². The fourth-order valence-electron chi connectivity index (χ4n) is 4.07. The van der Waals surface area contributed by atoms with Crippen LogP contribution in [0, 0.1) is 5.92 Å². The lowest BCUT2D eigenvalue weighted by Gasteiger charge is -2.27. The molecule has 1 amide bonds. The second-order valence-electron chi connectivity index (χ2n) is 7.85. The fourth-order valence-corrected chi connectivity index (χ4v) is 4.07. The number of hydrogen-bond acceptors (Lipinski definition) is 4. The minimum absolute atomic E-state index is 0.0459. The van der Waals surface area contributed by atoms with Crippen molar-refractivity contribution in [2.24, 2.45) is 5.92 Å². The highest BCUT2D eigenvalue weighted by Gasteiger charge is 2.25. The summed E-state index contributed by atoms with van der Waals surface area (Å²) in [7, 11) is 0. The summed E-state index contributed by atoms with van der Waals surface area (Å²) in [6.07, 6.45) is 8.13. The van der Waals surface area contributed by atoms with Gasteiger partial charge in [0.05, 0.1) is 12.5 Å². The maximum Gasteiger partial charge on any atom is 0.306 e. The van der Waals surface area contributed by atoms with Crippen molar-refractivity contribution in [3.63, 3.8) is 0 Å². The topological polar surface area (TPSA) is 81.7 Å². The summed E-state index contributed by atoms with van der Waals surface area (Å²) in [4.78, 5) is 25.5. The Morgan fingerprint density at radius 2 is 1.52 bits per heavy atom. The van der Waals surface area contributed by atoms with Crippen LogP contribution in [0.2, 0.25) is 0 Å². The third-order valence-corrected chi connectivity index (χ3v) is 5.68. The summed E-state index contributed by atoms with van der Waals surface area (Å²) in [5, 5.41) is 15.5. The first-order chi connectivity index (χ1) is 13.1. The largest absolute Gasteiger partial charge is 0.481 e. The summed E-state index contributed by atoms with van der Waals surface area (Å²) >= 11 is 0. The molecule has 1 aliphatic heterocycles. The summed E-state index contributed by atoms with van der Waals surface area (Å²) < 4.78 is 0. The van der Waals surface area contributed by atoms with E-state index in [9.17, 15) is 9.59 Å². The molecule has 1 aromatic rings. The lowest BCUT2D eigenvalue weighted by atomic mass is 9.86. The van der Waals surface area contributed by atoms with Gasteiger partial charge >= 0.3 is 5.97 Å². The van der Waals surface area contributed by atoms with E-state index in [4.69, 9.17) is 5.11 Å². The van der Waals surface area contributed by atoms with E-state index in [1.807, 2.05) is 24.3 Å².